The minimum Gasteiger partial charge on any atom is -0.748 e. The Balaban J connectivity index is 0.0000101. The van der Waals surface area contributed by atoms with Crippen LogP contribution >= 0.6 is 11.3 Å². The Bertz CT molecular complexity index is 1560. The molecule has 244 valence electrons. The molecule has 0 aliphatic heterocycles. The van der Waals surface area contributed by atoms with Gasteiger partial charge in [0.1, 0.15) is 16.1 Å². The summed E-state index contributed by atoms with van der Waals surface area (Å²) in [6, 6.07) is 4.52. The molecule has 0 saturated carbocycles. The monoisotopic (exact) mass is 720 g/mol. The van der Waals surface area contributed by atoms with Crippen LogP contribution in [0.1, 0.15) is 65.6 Å². The van der Waals surface area contributed by atoms with Gasteiger partial charge in [0.25, 0.3) is 0 Å². The summed E-state index contributed by atoms with van der Waals surface area (Å²) in [5.41, 5.74) is 1.08. The van der Waals surface area contributed by atoms with Crippen molar-refractivity contribution >= 4 is 71.5 Å². The van der Waals surface area contributed by atoms with Crippen molar-refractivity contribution in [1.82, 2.24) is 0 Å². The molecule has 0 spiro atoms. The van der Waals surface area contributed by atoms with E-state index in [0.29, 0.717) is 11.3 Å². The molecule has 1 aromatic carbocycles. The van der Waals surface area contributed by atoms with E-state index in [4.69, 9.17) is 9.47 Å². The van der Waals surface area contributed by atoms with Gasteiger partial charge in [-0.25, -0.2) is 26.4 Å². The second-order valence-corrected chi connectivity index (χ2v) is 13.2. The van der Waals surface area contributed by atoms with Gasteiger partial charge in [-0.05, 0) is 57.4 Å². The zero-order chi connectivity index (χ0) is 33.1. The number of anilines is 2. The minimum absolute atomic E-state index is 0. The first-order chi connectivity index (χ1) is 20.6. The fourth-order valence-corrected chi connectivity index (χ4v) is 5.86. The molecule has 1 amide bonds. The number of rotatable bonds is 17. The Labute approximate surface area is 317 Å². The fourth-order valence-electron chi connectivity index (χ4n) is 3.88. The first kappa shape index (κ1) is 44.5. The summed E-state index contributed by atoms with van der Waals surface area (Å²) >= 11 is 0.881. The number of esters is 2. The SMILES string of the molecule is CCOC(=O)c1sc(N=Nc2ccc(N(CCCS(=O)(=O)[O-])CCCS(=O)(=O)[O-])cc2NC(=O)CC)c(C(=O)OCC)c1C.[Na+].[Na+]. The summed E-state index contributed by atoms with van der Waals surface area (Å²) in [7, 11) is -9.01. The Kier molecular flexibility index (Phi) is 20.2. The van der Waals surface area contributed by atoms with Crippen LogP contribution < -0.4 is 69.3 Å². The summed E-state index contributed by atoms with van der Waals surface area (Å²) in [5.74, 6) is -3.06. The van der Waals surface area contributed by atoms with Crippen molar-refractivity contribution in [3.63, 3.8) is 0 Å². The van der Waals surface area contributed by atoms with E-state index in [-0.39, 0.29) is 137 Å². The number of benzene rings is 1. The van der Waals surface area contributed by atoms with E-state index in [1.165, 1.54) is 12.1 Å². The maximum Gasteiger partial charge on any atom is 1.00 e. The van der Waals surface area contributed by atoms with E-state index in [0.717, 1.165) is 11.3 Å². The van der Waals surface area contributed by atoms with E-state index in [2.05, 4.69) is 15.5 Å². The number of nitrogens with zero attached hydrogens (tertiary/aromatic N) is 3. The van der Waals surface area contributed by atoms with Gasteiger partial charge in [0, 0.05) is 36.7 Å². The van der Waals surface area contributed by atoms with Crippen molar-refractivity contribution in [1.29, 1.82) is 0 Å². The molecule has 2 rings (SSSR count). The van der Waals surface area contributed by atoms with E-state index in [1.807, 2.05) is 0 Å². The number of amides is 1. The van der Waals surface area contributed by atoms with Crippen molar-refractivity contribution in [3.05, 3.63) is 34.2 Å². The van der Waals surface area contributed by atoms with Crippen molar-refractivity contribution in [3.8, 4) is 0 Å². The third-order valence-corrected chi connectivity index (χ3v) is 8.64. The Morgan fingerprint density at radius 2 is 1.43 bits per heavy atom. The van der Waals surface area contributed by atoms with Crippen LogP contribution in [0.3, 0.4) is 0 Å². The number of thiophene rings is 1. The molecule has 2 aromatic rings. The van der Waals surface area contributed by atoms with Gasteiger partial charge in [0.05, 0.1) is 39.1 Å². The van der Waals surface area contributed by atoms with Crippen LogP contribution in [0.25, 0.3) is 0 Å². The molecule has 46 heavy (non-hydrogen) atoms. The van der Waals surface area contributed by atoms with E-state index >= 15 is 0 Å². The average molecular weight is 721 g/mol. The van der Waals surface area contributed by atoms with Gasteiger partial charge >= 0.3 is 71.1 Å². The number of hydrogen-bond donors (Lipinski definition) is 1. The summed E-state index contributed by atoms with van der Waals surface area (Å²) in [6.45, 7) is 6.68. The molecule has 0 fully saturated rings. The van der Waals surface area contributed by atoms with Gasteiger partial charge < -0.3 is 28.8 Å². The third kappa shape index (κ3) is 14.8. The smallest absolute Gasteiger partial charge is 0.748 e. The zero-order valence-corrected chi connectivity index (χ0v) is 33.1. The first-order valence-corrected chi connectivity index (χ1v) is 17.5. The predicted molar refractivity (Wildman–Crippen MR) is 161 cm³/mol. The molecule has 0 radical (unpaired) electrons. The normalized spacial score (nSPS) is 11.3. The molecule has 0 atom stereocenters. The number of hydrogen-bond acceptors (Lipinski definition) is 15. The van der Waals surface area contributed by atoms with Crippen molar-refractivity contribution in [2.24, 2.45) is 10.2 Å². The summed E-state index contributed by atoms with van der Waals surface area (Å²) < 4.78 is 76.9. The van der Waals surface area contributed by atoms with Crippen LogP contribution in [0.4, 0.5) is 22.1 Å². The molecule has 0 unspecified atom stereocenters. The molecule has 0 aliphatic rings. The largest absolute Gasteiger partial charge is 1.00 e. The molecule has 1 aromatic heterocycles. The fraction of sp³-hybridized carbons (Fsp3) is 0.500. The van der Waals surface area contributed by atoms with Gasteiger partial charge in [-0.1, -0.05) is 6.92 Å². The molecular formula is C26H34N4Na2O11S3. The van der Waals surface area contributed by atoms with Crippen molar-refractivity contribution < 1.29 is 109 Å². The third-order valence-electron chi connectivity index (χ3n) is 5.90. The summed E-state index contributed by atoms with van der Waals surface area (Å²) in [6.07, 6.45) is -0.0518. The van der Waals surface area contributed by atoms with Crippen LogP contribution in [-0.2, 0) is 34.5 Å². The second kappa shape index (κ2) is 20.8. The molecule has 1 heterocycles. The first-order valence-electron chi connectivity index (χ1n) is 13.5. The van der Waals surface area contributed by atoms with E-state index < -0.39 is 43.7 Å². The number of carbonyl (C=O) groups is 3. The second-order valence-electron chi connectivity index (χ2n) is 9.20. The Morgan fingerprint density at radius 3 is 1.93 bits per heavy atom. The van der Waals surface area contributed by atoms with Gasteiger partial charge in [-0.2, -0.15) is 0 Å². The maximum absolute atomic E-state index is 12.7. The number of azo groups is 1. The topological polar surface area (TPSA) is 224 Å². The van der Waals surface area contributed by atoms with Crippen LogP contribution in [0.2, 0.25) is 0 Å². The summed E-state index contributed by atoms with van der Waals surface area (Å²) in [5, 5.41) is 11.2. The van der Waals surface area contributed by atoms with E-state index in [1.54, 1.807) is 38.7 Å². The molecule has 20 heteroatoms. The number of nitrogens with one attached hydrogen (secondary N) is 1. The summed E-state index contributed by atoms with van der Waals surface area (Å²) in [4.78, 5) is 39.2. The van der Waals surface area contributed by atoms with Crippen LogP contribution in [-0.4, -0.2) is 81.6 Å². The van der Waals surface area contributed by atoms with Crippen molar-refractivity contribution in [2.75, 3.05) is 48.0 Å². The predicted octanol–water partition coefficient (Wildman–Crippen LogP) is -2.14. The van der Waals surface area contributed by atoms with Gasteiger partial charge in [0.15, 0.2) is 5.00 Å². The molecule has 0 aliphatic carbocycles. The van der Waals surface area contributed by atoms with Crippen molar-refractivity contribution in [2.45, 2.75) is 47.0 Å². The zero-order valence-electron chi connectivity index (χ0n) is 26.7. The van der Waals surface area contributed by atoms with Crippen LogP contribution in [0.5, 0.6) is 0 Å². The Morgan fingerprint density at radius 1 is 0.891 bits per heavy atom. The number of ether oxygens (including phenoxy) is 2. The quantitative estimate of drug-likeness (QED) is 0.0800. The van der Waals surface area contributed by atoms with Crippen LogP contribution in [0.15, 0.2) is 28.4 Å². The van der Waals surface area contributed by atoms with Crippen LogP contribution in [0, 0.1) is 6.92 Å². The standard InChI is InChI=1S/C26H36N4O11S3.2Na/c1-5-21(31)27-20-16-18(30(12-8-14-43(34,35)36)13-9-15-44(37,38)39)10-11-19(20)28-29-24-22(25(32)40-6-2)17(4)23(42-24)26(33)41-7-3;;/h10-11,16H,5-9,12-15H2,1-4H3,(H,27,31)(H,34,35,36)(H,37,38,39);;/q;2*+1/p-2. The molecule has 0 bridgehead atoms. The minimum atomic E-state index is -4.51. The molecule has 15 nitrogen and oxygen atoms in total. The van der Waals surface area contributed by atoms with Gasteiger partial charge in [-0.15, -0.1) is 21.6 Å². The maximum atomic E-state index is 12.7. The van der Waals surface area contributed by atoms with E-state index in [9.17, 15) is 40.3 Å². The van der Waals surface area contributed by atoms with Gasteiger partial charge in [0.2, 0.25) is 5.91 Å². The Hall–Kier alpha value is -1.45. The average Bonchev–Trinajstić information content (AvgIpc) is 3.26. The molecular weight excluding hydrogens is 686 g/mol. The number of carbonyl (C=O) groups excluding carboxylic acids is 3. The molecule has 0 saturated heterocycles. The van der Waals surface area contributed by atoms with Gasteiger partial charge in [-0.3, -0.25) is 4.79 Å². The molecule has 1 N–H and O–H groups in total.